The Labute approximate surface area is 109 Å². The first-order valence-electron chi connectivity index (χ1n) is 6.80. The highest BCUT2D eigenvalue weighted by molar-refractivity contribution is 5.16. The van der Waals surface area contributed by atoms with Gasteiger partial charge in [-0.05, 0) is 63.5 Å². The van der Waals surface area contributed by atoms with Crippen molar-refractivity contribution in [2.45, 2.75) is 25.8 Å². The van der Waals surface area contributed by atoms with E-state index in [1.807, 2.05) is 12.1 Å². The largest absolute Gasteiger partial charge is 0.314 e. The highest BCUT2D eigenvalue weighted by atomic mass is 19.1. The lowest BCUT2D eigenvalue weighted by Gasteiger charge is -2.17. The van der Waals surface area contributed by atoms with E-state index >= 15 is 0 Å². The first kappa shape index (κ1) is 13.5. The summed E-state index contributed by atoms with van der Waals surface area (Å²) >= 11 is 0. The zero-order valence-electron chi connectivity index (χ0n) is 11.3. The van der Waals surface area contributed by atoms with Crippen LogP contribution in [0, 0.1) is 11.7 Å². The number of likely N-dealkylation sites (tertiary alicyclic amines) is 1. The van der Waals surface area contributed by atoms with Gasteiger partial charge in [-0.25, -0.2) is 4.39 Å². The van der Waals surface area contributed by atoms with Gasteiger partial charge in [-0.2, -0.15) is 0 Å². The molecule has 1 aromatic carbocycles. The molecule has 100 valence electrons. The van der Waals surface area contributed by atoms with Crippen molar-refractivity contribution >= 4 is 0 Å². The third-order valence-electron chi connectivity index (χ3n) is 3.70. The predicted octanol–water partition coefficient (Wildman–Crippen LogP) is 2.30. The molecule has 0 amide bonds. The second-order valence-electron chi connectivity index (χ2n) is 5.56. The number of nitrogens with zero attached hydrogens (tertiary/aromatic N) is 1. The van der Waals surface area contributed by atoms with Gasteiger partial charge in [-0.3, -0.25) is 0 Å². The third kappa shape index (κ3) is 4.07. The van der Waals surface area contributed by atoms with Gasteiger partial charge in [0.25, 0.3) is 0 Å². The summed E-state index contributed by atoms with van der Waals surface area (Å²) in [7, 11) is 2.18. The molecule has 1 aliphatic rings. The van der Waals surface area contributed by atoms with E-state index in [1.54, 1.807) is 0 Å². The highest BCUT2D eigenvalue weighted by Crippen LogP contribution is 2.13. The lowest BCUT2D eigenvalue weighted by molar-refractivity contribution is 0.380. The van der Waals surface area contributed by atoms with Crippen LogP contribution >= 0.6 is 0 Å². The molecule has 1 saturated heterocycles. The van der Waals surface area contributed by atoms with E-state index in [2.05, 4.69) is 24.2 Å². The fraction of sp³-hybridized carbons (Fsp3) is 0.600. The Balaban J connectivity index is 1.71. The van der Waals surface area contributed by atoms with Gasteiger partial charge in [0, 0.05) is 12.6 Å². The maximum absolute atomic E-state index is 12.8. The zero-order valence-corrected chi connectivity index (χ0v) is 11.3. The Morgan fingerprint density at radius 2 is 2.11 bits per heavy atom. The SMILES string of the molecule is CC(Cc1ccc(F)cc1)NCC1CCN(C)C1. The summed E-state index contributed by atoms with van der Waals surface area (Å²) in [6.07, 6.45) is 2.26. The van der Waals surface area contributed by atoms with Gasteiger partial charge in [0.1, 0.15) is 5.82 Å². The van der Waals surface area contributed by atoms with E-state index in [1.165, 1.54) is 37.2 Å². The molecular weight excluding hydrogens is 227 g/mol. The molecule has 0 aromatic heterocycles. The van der Waals surface area contributed by atoms with Crippen LogP contribution in [0.3, 0.4) is 0 Å². The van der Waals surface area contributed by atoms with Crippen molar-refractivity contribution < 1.29 is 4.39 Å². The minimum atomic E-state index is -0.159. The van der Waals surface area contributed by atoms with Crippen LogP contribution in [0.1, 0.15) is 18.9 Å². The van der Waals surface area contributed by atoms with Gasteiger partial charge in [0.05, 0.1) is 0 Å². The third-order valence-corrected chi connectivity index (χ3v) is 3.70. The Morgan fingerprint density at radius 1 is 1.39 bits per heavy atom. The second kappa shape index (κ2) is 6.30. The van der Waals surface area contributed by atoms with E-state index in [0.717, 1.165) is 18.9 Å². The van der Waals surface area contributed by atoms with E-state index in [9.17, 15) is 4.39 Å². The Hall–Kier alpha value is -0.930. The minimum absolute atomic E-state index is 0.159. The molecule has 0 aliphatic carbocycles. The standard InChI is InChI=1S/C15H23FN2/c1-12(9-13-3-5-15(16)6-4-13)17-10-14-7-8-18(2)11-14/h3-6,12,14,17H,7-11H2,1-2H3. The van der Waals surface area contributed by atoms with Crippen LogP contribution in [0.2, 0.25) is 0 Å². The smallest absolute Gasteiger partial charge is 0.123 e. The Kier molecular flexibility index (Phi) is 4.72. The summed E-state index contributed by atoms with van der Waals surface area (Å²) in [5, 5.41) is 3.59. The van der Waals surface area contributed by atoms with Crippen molar-refractivity contribution in [2.75, 3.05) is 26.7 Å². The van der Waals surface area contributed by atoms with Gasteiger partial charge in [-0.1, -0.05) is 12.1 Å². The van der Waals surface area contributed by atoms with Crippen molar-refractivity contribution in [2.24, 2.45) is 5.92 Å². The fourth-order valence-electron chi connectivity index (χ4n) is 2.61. The molecule has 1 heterocycles. The van der Waals surface area contributed by atoms with Crippen molar-refractivity contribution in [1.29, 1.82) is 0 Å². The van der Waals surface area contributed by atoms with Crippen LogP contribution in [-0.4, -0.2) is 37.6 Å². The first-order chi connectivity index (χ1) is 8.63. The van der Waals surface area contributed by atoms with Gasteiger partial charge in [0.15, 0.2) is 0 Å². The number of halogens is 1. The molecule has 1 aliphatic heterocycles. The predicted molar refractivity (Wildman–Crippen MR) is 73.2 cm³/mol. The molecule has 2 nitrogen and oxygen atoms in total. The summed E-state index contributed by atoms with van der Waals surface area (Å²) in [4.78, 5) is 2.39. The quantitative estimate of drug-likeness (QED) is 0.862. The Morgan fingerprint density at radius 3 is 2.72 bits per heavy atom. The summed E-state index contributed by atoms with van der Waals surface area (Å²) in [6, 6.07) is 7.26. The van der Waals surface area contributed by atoms with Crippen LogP contribution < -0.4 is 5.32 Å². The Bertz CT molecular complexity index is 363. The average molecular weight is 250 g/mol. The molecule has 18 heavy (non-hydrogen) atoms. The van der Waals surface area contributed by atoms with E-state index in [4.69, 9.17) is 0 Å². The molecule has 1 N–H and O–H groups in total. The summed E-state index contributed by atoms with van der Waals surface area (Å²) in [5.74, 6) is 0.624. The molecule has 0 bridgehead atoms. The zero-order chi connectivity index (χ0) is 13.0. The van der Waals surface area contributed by atoms with Gasteiger partial charge in [-0.15, -0.1) is 0 Å². The van der Waals surface area contributed by atoms with Crippen LogP contribution in [0.5, 0.6) is 0 Å². The number of rotatable bonds is 5. The normalized spacial score (nSPS) is 22.3. The number of hydrogen-bond acceptors (Lipinski definition) is 2. The summed E-state index contributed by atoms with van der Waals surface area (Å²) < 4.78 is 12.8. The maximum Gasteiger partial charge on any atom is 0.123 e. The number of nitrogens with one attached hydrogen (secondary N) is 1. The first-order valence-corrected chi connectivity index (χ1v) is 6.80. The summed E-state index contributed by atoms with van der Waals surface area (Å²) in [5.41, 5.74) is 1.19. The maximum atomic E-state index is 12.8. The molecule has 2 atom stereocenters. The van der Waals surface area contributed by atoms with Crippen molar-refractivity contribution in [3.63, 3.8) is 0 Å². The number of benzene rings is 1. The fourth-order valence-corrected chi connectivity index (χ4v) is 2.61. The molecule has 0 spiro atoms. The minimum Gasteiger partial charge on any atom is -0.314 e. The topological polar surface area (TPSA) is 15.3 Å². The lowest BCUT2D eigenvalue weighted by atomic mass is 10.1. The van der Waals surface area contributed by atoms with Crippen LogP contribution in [0.4, 0.5) is 4.39 Å². The molecule has 1 fully saturated rings. The number of hydrogen-bond donors (Lipinski definition) is 1. The molecular formula is C15H23FN2. The molecule has 1 aromatic rings. The monoisotopic (exact) mass is 250 g/mol. The summed E-state index contributed by atoms with van der Waals surface area (Å²) in [6.45, 7) is 5.71. The van der Waals surface area contributed by atoms with E-state index < -0.39 is 0 Å². The molecule has 3 heteroatoms. The lowest BCUT2D eigenvalue weighted by Crippen LogP contribution is -2.33. The van der Waals surface area contributed by atoms with E-state index in [-0.39, 0.29) is 5.82 Å². The van der Waals surface area contributed by atoms with Gasteiger partial charge in [0.2, 0.25) is 0 Å². The van der Waals surface area contributed by atoms with Crippen molar-refractivity contribution in [3.05, 3.63) is 35.6 Å². The van der Waals surface area contributed by atoms with Crippen LogP contribution in [0.25, 0.3) is 0 Å². The van der Waals surface area contributed by atoms with Gasteiger partial charge < -0.3 is 10.2 Å². The molecule has 2 unspecified atom stereocenters. The average Bonchev–Trinajstić information content (AvgIpc) is 2.76. The molecule has 0 radical (unpaired) electrons. The van der Waals surface area contributed by atoms with Crippen LogP contribution in [-0.2, 0) is 6.42 Å². The van der Waals surface area contributed by atoms with Gasteiger partial charge >= 0.3 is 0 Å². The van der Waals surface area contributed by atoms with Crippen molar-refractivity contribution in [1.82, 2.24) is 10.2 Å². The molecule has 2 rings (SSSR count). The van der Waals surface area contributed by atoms with E-state index in [0.29, 0.717) is 6.04 Å². The van der Waals surface area contributed by atoms with Crippen molar-refractivity contribution in [3.8, 4) is 0 Å². The molecule has 0 saturated carbocycles. The second-order valence-corrected chi connectivity index (χ2v) is 5.56. The van der Waals surface area contributed by atoms with Crippen LogP contribution in [0.15, 0.2) is 24.3 Å². The highest BCUT2D eigenvalue weighted by Gasteiger charge is 2.19.